The number of methoxy groups -OCH3 is 2. The second-order valence-electron chi connectivity index (χ2n) is 4.69. The third-order valence-corrected chi connectivity index (χ3v) is 3.23. The number of ether oxygens (including phenoxy) is 3. The van der Waals surface area contributed by atoms with E-state index < -0.39 is 5.38 Å². The number of halogens is 1. The van der Waals surface area contributed by atoms with Crippen molar-refractivity contribution in [3.05, 3.63) is 23.8 Å². The van der Waals surface area contributed by atoms with Crippen LogP contribution >= 0.6 is 11.6 Å². The zero-order valence-corrected chi connectivity index (χ0v) is 13.6. The molecular formula is C15H22ClNO4. The standard InChI is InChI=1S/C15H22ClNO4/c1-10(2)21-8-7-17-15(18)14(16)11-5-6-12(19-3)13(9-11)20-4/h5-6,9-10,14H,7-8H2,1-4H3,(H,17,18). The zero-order chi connectivity index (χ0) is 15.8. The Labute approximate surface area is 130 Å². The van der Waals surface area contributed by atoms with Gasteiger partial charge in [-0.15, -0.1) is 11.6 Å². The molecule has 5 nitrogen and oxygen atoms in total. The van der Waals surface area contributed by atoms with Crippen LogP contribution in [-0.2, 0) is 9.53 Å². The minimum Gasteiger partial charge on any atom is -0.493 e. The number of carbonyl (C=O) groups is 1. The van der Waals surface area contributed by atoms with E-state index in [9.17, 15) is 4.79 Å². The van der Waals surface area contributed by atoms with E-state index in [1.165, 1.54) is 7.11 Å². The highest BCUT2D eigenvalue weighted by Crippen LogP contribution is 2.32. The van der Waals surface area contributed by atoms with E-state index in [-0.39, 0.29) is 12.0 Å². The second-order valence-corrected chi connectivity index (χ2v) is 5.12. The van der Waals surface area contributed by atoms with Gasteiger partial charge in [0, 0.05) is 6.54 Å². The third-order valence-electron chi connectivity index (χ3n) is 2.78. The van der Waals surface area contributed by atoms with Crippen molar-refractivity contribution in [3.8, 4) is 11.5 Å². The Hall–Kier alpha value is -1.46. The summed E-state index contributed by atoms with van der Waals surface area (Å²) in [5, 5.41) is 1.95. The number of carbonyl (C=O) groups excluding carboxylic acids is 1. The number of rotatable bonds is 8. The van der Waals surface area contributed by atoms with Crippen molar-refractivity contribution in [2.45, 2.75) is 25.3 Å². The summed E-state index contributed by atoms with van der Waals surface area (Å²) in [6.45, 7) is 4.76. The van der Waals surface area contributed by atoms with Crippen LogP contribution in [0, 0.1) is 0 Å². The SMILES string of the molecule is COc1ccc(C(Cl)C(=O)NCCOC(C)C)cc1OC. The molecule has 0 aliphatic carbocycles. The van der Waals surface area contributed by atoms with E-state index in [2.05, 4.69) is 5.32 Å². The van der Waals surface area contributed by atoms with Gasteiger partial charge in [-0.25, -0.2) is 0 Å². The minimum atomic E-state index is -0.788. The summed E-state index contributed by atoms with van der Waals surface area (Å²) in [6, 6.07) is 5.16. The summed E-state index contributed by atoms with van der Waals surface area (Å²) in [7, 11) is 3.09. The van der Waals surface area contributed by atoms with Crippen molar-refractivity contribution in [1.29, 1.82) is 0 Å². The Balaban J connectivity index is 2.61. The van der Waals surface area contributed by atoms with E-state index >= 15 is 0 Å². The van der Waals surface area contributed by atoms with Crippen LogP contribution in [0.4, 0.5) is 0 Å². The maximum Gasteiger partial charge on any atom is 0.242 e. The molecule has 0 aromatic heterocycles. The molecule has 1 N–H and O–H groups in total. The number of amides is 1. The molecule has 118 valence electrons. The quantitative estimate of drug-likeness (QED) is 0.591. The molecular weight excluding hydrogens is 294 g/mol. The third kappa shape index (κ3) is 5.44. The number of alkyl halides is 1. The maximum absolute atomic E-state index is 12.0. The molecule has 0 radical (unpaired) electrons. The molecule has 0 heterocycles. The fourth-order valence-corrected chi connectivity index (χ4v) is 1.93. The lowest BCUT2D eigenvalue weighted by molar-refractivity contribution is -0.121. The van der Waals surface area contributed by atoms with E-state index in [1.54, 1.807) is 25.3 Å². The number of hydrogen-bond acceptors (Lipinski definition) is 4. The monoisotopic (exact) mass is 315 g/mol. The fourth-order valence-electron chi connectivity index (χ4n) is 1.72. The first kappa shape index (κ1) is 17.6. The molecule has 1 amide bonds. The van der Waals surface area contributed by atoms with Gasteiger partial charge < -0.3 is 19.5 Å². The van der Waals surface area contributed by atoms with Gasteiger partial charge in [-0.3, -0.25) is 4.79 Å². The van der Waals surface area contributed by atoms with Crippen LogP contribution in [0.2, 0.25) is 0 Å². The second kappa shape index (κ2) is 8.74. The Bertz CT molecular complexity index is 465. The molecule has 6 heteroatoms. The van der Waals surface area contributed by atoms with Crippen LogP contribution < -0.4 is 14.8 Å². The summed E-state index contributed by atoms with van der Waals surface area (Å²) in [5.41, 5.74) is 0.650. The highest BCUT2D eigenvalue weighted by atomic mass is 35.5. The number of hydrogen-bond donors (Lipinski definition) is 1. The molecule has 0 aliphatic heterocycles. The molecule has 1 rings (SSSR count). The van der Waals surface area contributed by atoms with E-state index in [0.29, 0.717) is 30.2 Å². The van der Waals surface area contributed by atoms with Crippen LogP contribution in [0.5, 0.6) is 11.5 Å². The topological polar surface area (TPSA) is 56.8 Å². The molecule has 0 bridgehead atoms. The average molecular weight is 316 g/mol. The Morgan fingerprint density at radius 1 is 1.24 bits per heavy atom. The first-order chi connectivity index (χ1) is 9.99. The Morgan fingerprint density at radius 2 is 1.90 bits per heavy atom. The molecule has 1 aromatic carbocycles. The summed E-state index contributed by atoms with van der Waals surface area (Å²) in [5.74, 6) is 0.865. The molecule has 1 atom stereocenters. The van der Waals surface area contributed by atoms with Crippen molar-refractivity contribution >= 4 is 17.5 Å². The predicted octanol–water partition coefficient (Wildman–Crippen LogP) is 2.52. The molecule has 1 aromatic rings. The van der Waals surface area contributed by atoms with Crippen molar-refractivity contribution in [2.24, 2.45) is 0 Å². The predicted molar refractivity (Wildman–Crippen MR) is 82.2 cm³/mol. The largest absolute Gasteiger partial charge is 0.493 e. The van der Waals surface area contributed by atoms with Crippen molar-refractivity contribution in [1.82, 2.24) is 5.32 Å². The van der Waals surface area contributed by atoms with E-state index in [0.717, 1.165) is 0 Å². The highest BCUT2D eigenvalue weighted by molar-refractivity contribution is 6.30. The van der Waals surface area contributed by atoms with Gasteiger partial charge >= 0.3 is 0 Å². The van der Waals surface area contributed by atoms with Gasteiger partial charge in [0.2, 0.25) is 5.91 Å². The molecule has 0 spiro atoms. The normalized spacial score (nSPS) is 12.1. The van der Waals surface area contributed by atoms with Crippen molar-refractivity contribution < 1.29 is 19.0 Å². The van der Waals surface area contributed by atoms with Crippen LogP contribution in [0.25, 0.3) is 0 Å². The fraction of sp³-hybridized carbons (Fsp3) is 0.533. The first-order valence-corrected chi connectivity index (χ1v) is 7.18. The Kier molecular flexibility index (Phi) is 7.32. The molecule has 21 heavy (non-hydrogen) atoms. The number of benzene rings is 1. The lowest BCUT2D eigenvalue weighted by atomic mass is 10.1. The van der Waals surface area contributed by atoms with Gasteiger partial charge in [0.25, 0.3) is 0 Å². The maximum atomic E-state index is 12.0. The van der Waals surface area contributed by atoms with Gasteiger partial charge in [-0.2, -0.15) is 0 Å². The summed E-state index contributed by atoms with van der Waals surface area (Å²) in [6.07, 6.45) is 0.138. The lowest BCUT2D eigenvalue weighted by Gasteiger charge is -2.14. The first-order valence-electron chi connectivity index (χ1n) is 6.75. The molecule has 0 aliphatic rings. The van der Waals surface area contributed by atoms with E-state index in [4.69, 9.17) is 25.8 Å². The lowest BCUT2D eigenvalue weighted by Crippen LogP contribution is -2.30. The zero-order valence-electron chi connectivity index (χ0n) is 12.8. The van der Waals surface area contributed by atoms with Crippen LogP contribution in [0.15, 0.2) is 18.2 Å². The highest BCUT2D eigenvalue weighted by Gasteiger charge is 2.19. The van der Waals surface area contributed by atoms with Crippen LogP contribution in [0.1, 0.15) is 24.8 Å². The van der Waals surface area contributed by atoms with Gasteiger partial charge in [-0.1, -0.05) is 6.07 Å². The van der Waals surface area contributed by atoms with Crippen molar-refractivity contribution in [2.75, 3.05) is 27.4 Å². The minimum absolute atomic E-state index is 0.138. The molecule has 0 fully saturated rings. The smallest absolute Gasteiger partial charge is 0.242 e. The summed E-state index contributed by atoms with van der Waals surface area (Å²) < 4.78 is 15.7. The van der Waals surface area contributed by atoms with E-state index in [1.807, 2.05) is 13.8 Å². The number of nitrogens with one attached hydrogen (secondary N) is 1. The van der Waals surface area contributed by atoms with Gasteiger partial charge in [0.05, 0.1) is 26.9 Å². The molecule has 0 saturated carbocycles. The summed E-state index contributed by atoms with van der Waals surface area (Å²) >= 11 is 6.17. The van der Waals surface area contributed by atoms with Crippen LogP contribution in [-0.4, -0.2) is 39.4 Å². The van der Waals surface area contributed by atoms with Crippen LogP contribution in [0.3, 0.4) is 0 Å². The Morgan fingerprint density at radius 3 is 2.48 bits per heavy atom. The van der Waals surface area contributed by atoms with Gasteiger partial charge in [0.1, 0.15) is 5.38 Å². The summed E-state index contributed by atoms with van der Waals surface area (Å²) in [4.78, 5) is 12.0. The molecule has 0 saturated heterocycles. The average Bonchev–Trinajstić information content (AvgIpc) is 2.49. The van der Waals surface area contributed by atoms with Crippen molar-refractivity contribution in [3.63, 3.8) is 0 Å². The molecule has 1 unspecified atom stereocenters. The van der Waals surface area contributed by atoms with Gasteiger partial charge in [-0.05, 0) is 31.5 Å². The van der Waals surface area contributed by atoms with Gasteiger partial charge in [0.15, 0.2) is 11.5 Å².